The quantitative estimate of drug-likeness (QED) is 0.800. The molecule has 2 rings (SSSR count). The number of rotatable bonds is 6. The maximum absolute atomic E-state index is 13.5. The highest BCUT2D eigenvalue weighted by molar-refractivity contribution is 9.10. The van der Waals surface area contributed by atoms with Gasteiger partial charge in [-0.2, -0.15) is 0 Å². The van der Waals surface area contributed by atoms with E-state index in [0.29, 0.717) is 5.75 Å². The lowest BCUT2D eigenvalue weighted by atomic mass is 10.3. The Hall–Kier alpha value is -1.30. The Balaban J connectivity index is 1.84. The van der Waals surface area contributed by atoms with Gasteiger partial charge in [0.1, 0.15) is 24.3 Å². The van der Waals surface area contributed by atoms with Crippen LogP contribution in [0.1, 0.15) is 0 Å². The maximum Gasteiger partial charge on any atom is 0.147 e. The largest absolute Gasteiger partial charge is 0.491 e. The van der Waals surface area contributed by atoms with E-state index in [0.717, 1.165) is 4.47 Å². The molecule has 0 aliphatic heterocycles. The SMILES string of the molecule is OC(CNc1c(F)cccc1Cl)COc1cccc(Br)c1. The first-order valence-corrected chi connectivity index (χ1v) is 7.47. The summed E-state index contributed by atoms with van der Waals surface area (Å²) in [6.45, 7) is 0.226. The Morgan fingerprint density at radius 1 is 1.29 bits per heavy atom. The van der Waals surface area contributed by atoms with Crippen molar-refractivity contribution >= 4 is 33.2 Å². The molecule has 0 radical (unpaired) electrons. The molecule has 21 heavy (non-hydrogen) atoms. The molecule has 0 aliphatic carbocycles. The zero-order valence-corrected chi connectivity index (χ0v) is 13.4. The number of aliphatic hydroxyl groups excluding tert-OH is 1. The highest BCUT2D eigenvalue weighted by Crippen LogP contribution is 2.24. The van der Waals surface area contributed by atoms with E-state index in [9.17, 15) is 9.50 Å². The monoisotopic (exact) mass is 373 g/mol. The summed E-state index contributed by atoms with van der Waals surface area (Å²) in [6.07, 6.45) is -0.792. The van der Waals surface area contributed by atoms with Crippen LogP contribution in [0.3, 0.4) is 0 Å². The second kappa shape index (κ2) is 7.64. The summed E-state index contributed by atoms with van der Waals surface area (Å²) in [6, 6.07) is 11.7. The maximum atomic E-state index is 13.5. The van der Waals surface area contributed by atoms with Gasteiger partial charge in [-0.05, 0) is 30.3 Å². The van der Waals surface area contributed by atoms with Gasteiger partial charge in [0.25, 0.3) is 0 Å². The zero-order valence-electron chi connectivity index (χ0n) is 11.0. The molecule has 6 heteroatoms. The van der Waals surface area contributed by atoms with Crippen LogP contribution in [0.4, 0.5) is 10.1 Å². The summed E-state index contributed by atoms with van der Waals surface area (Å²) in [7, 11) is 0. The Kier molecular flexibility index (Phi) is 5.85. The predicted molar refractivity (Wildman–Crippen MR) is 85.5 cm³/mol. The van der Waals surface area contributed by atoms with Gasteiger partial charge < -0.3 is 15.2 Å². The lowest BCUT2D eigenvalue weighted by Crippen LogP contribution is -2.26. The fourth-order valence-corrected chi connectivity index (χ4v) is 2.30. The first kappa shape index (κ1) is 16.1. The molecule has 0 heterocycles. The molecule has 0 fully saturated rings. The molecule has 0 aliphatic rings. The third kappa shape index (κ3) is 4.88. The van der Waals surface area contributed by atoms with Crippen molar-refractivity contribution in [1.29, 1.82) is 0 Å². The smallest absolute Gasteiger partial charge is 0.147 e. The molecule has 0 aromatic heterocycles. The second-order valence-corrected chi connectivity index (χ2v) is 5.72. The molecule has 2 aromatic rings. The number of hydrogen-bond acceptors (Lipinski definition) is 3. The molecule has 1 atom stereocenters. The second-order valence-electron chi connectivity index (χ2n) is 4.40. The van der Waals surface area contributed by atoms with Crippen LogP contribution in [0.5, 0.6) is 5.75 Å². The van der Waals surface area contributed by atoms with Crippen molar-refractivity contribution in [3.8, 4) is 5.75 Å². The number of anilines is 1. The molecular formula is C15H14BrClFNO2. The van der Waals surface area contributed by atoms with Gasteiger partial charge in [-0.15, -0.1) is 0 Å². The lowest BCUT2D eigenvalue weighted by Gasteiger charge is -2.15. The van der Waals surface area contributed by atoms with E-state index in [4.69, 9.17) is 16.3 Å². The summed E-state index contributed by atoms with van der Waals surface area (Å²) in [5.74, 6) is 0.190. The average molecular weight is 375 g/mol. The Morgan fingerprint density at radius 3 is 2.76 bits per heavy atom. The molecule has 2 aromatic carbocycles. The minimum Gasteiger partial charge on any atom is -0.491 e. The number of aliphatic hydroxyl groups is 1. The molecule has 0 spiro atoms. The normalized spacial score (nSPS) is 12.0. The van der Waals surface area contributed by atoms with Crippen LogP contribution in [-0.4, -0.2) is 24.4 Å². The summed E-state index contributed by atoms with van der Waals surface area (Å²) >= 11 is 9.22. The van der Waals surface area contributed by atoms with Gasteiger partial charge in [0.05, 0.1) is 10.7 Å². The minimum atomic E-state index is -0.792. The van der Waals surface area contributed by atoms with Crippen molar-refractivity contribution in [1.82, 2.24) is 0 Å². The van der Waals surface area contributed by atoms with E-state index in [1.807, 2.05) is 12.1 Å². The first-order chi connectivity index (χ1) is 10.1. The number of ether oxygens (including phenoxy) is 1. The van der Waals surface area contributed by atoms with Gasteiger partial charge >= 0.3 is 0 Å². The zero-order chi connectivity index (χ0) is 15.2. The van der Waals surface area contributed by atoms with Crippen LogP contribution in [0, 0.1) is 5.82 Å². The fourth-order valence-electron chi connectivity index (χ4n) is 1.69. The van der Waals surface area contributed by atoms with Gasteiger partial charge in [-0.1, -0.05) is 39.7 Å². The molecule has 1 unspecified atom stereocenters. The molecule has 3 nitrogen and oxygen atoms in total. The molecular weight excluding hydrogens is 361 g/mol. The number of halogens is 3. The Bertz CT molecular complexity index is 592. The molecule has 0 saturated carbocycles. The van der Waals surface area contributed by atoms with Crippen LogP contribution in [0.15, 0.2) is 46.9 Å². The summed E-state index contributed by atoms with van der Waals surface area (Å²) in [5, 5.41) is 12.9. The van der Waals surface area contributed by atoms with Gasteiger partial charge in [0, 0.05) is 11.0 Å². The van der Waals surface area contributed by atoms with Gasteiger partial charge in [0.15, 0.2) is 0 Å². The van der Waals surface area contributed by atoms with Crippen molar-refractivity contribution in [2.75, 3.05) is 18.5 Å². The van der Waals surface area contributed by atoms with Crippen molar-refractivity contribution in [3.05, 3.63) is 57.8 Å². The molecule has 112 valence electrons. The third-order valence-corrected chi connectivity index (χ3v) is 3.52. The minimum absolute atomic E-state index is 0.0928. The van der Waals surface area contributed by atoms with E-state index < -0.39 is 11.9 Å². The Labute approximate surface area is 135 Å². The lowest BCUT2D eigenvalue weighted by molar-refractivity contribution is 0.117. The summed E-state index contributed by atoms with van der Waals surface area (Å²) in [5.41, 5.74) is 0.181. The number of para-hydroxylation sites is 1. The van der Waals surface area contributed by atoms with E-state index in [-0.39, 0.29) is 23.9 Å². The van der Waals surface area contributed by atoms with Crippen molar-refractivity contribution in [3.63, 3.8) is 0 Å². The first-order valence-electron chi connectivity index (χ1n) is 6.30. The Morgan fingerprint density at radius 2 is 2.05 bits per heavy atom. The van der Waals surface area contributed by atoms with E-state index in [1.165, 1.54) is 12.1 Å². The topological polar surface area (TPSA) is 41.5 Å². The average Bonchev–Trinajstić information content (AvgIpc) is 2.45. The van der Waals surface area contributed by atoms with Crippen LogP contribution >= 0.6 is 27.5 Å². The molecule has 0 amide bonds. The highest BCUT2D eigenvalue weighted by Gasteiger charge is 2.10. The summed E-state index contributed by atoms with van der Waals surface area (Å²) < 4.78 is 19.9. The number of benzene rings is 2. The van der Waals surface area contributed by atoms with Crippen LogP contribution in [-0.2, 0) is 0 Å². The van der Waals surface area contributed by atoms with Crippen LogP contribution in [0.25, 0.3) is 0 Å². The van der Waals surface area contributed by atoms with E-state index in [2.05, 4.69) is 21.2 Å². The fraction of sp³-hybridized carbons (Fsp3) is 0.200. The van der Waals surface area contributed by atoms with Gasteiger partial charge in [-0.25, -0.2) is 4.39 Å². The van der Waals surface area contributed by atoms with Crippen molar-refractivity contribution in [2.45, 2.75) is 6.10 Å². The molecule has 0 saturated heterocycles. The van der Waals surface area contributed by atoms with Crippen molar-refractivity contribution in [2.24, 2.45) is 0 Å². The third-order valence-electron chi connectivity index (χ3n) is 2.72. The highest BCUT2D eigenvalue weighted by atomic mass is 79.9. The standard InChI is InChI=1S/C15H14BrClFNO2/c16-10-3-1-4-12(7-10)21-9-11(20)8-19-15-13(17)5-2-6-14(15)18/h1-7,11,19-20H,8-9H2. The summed E-state index contributed by atoms with van der Waals surface area (Å²) in [4.78, 5) is 0. The predicted octanol–water partition coefficient (Wildman–Crippen LogP) is 4.09. The van der Waals surface area contributed by atoms with E-state index in [1.54, 1.807) is 18.2 Å². The van der Waals surface area contributed by atoms with E-state index >= 15 is 0 Å². The number of hydrogen-bond donors (Lipinski definition) is 2. The van der Waals surface area contributed by atoms with Gasteiger partial charge in [0.2, 0.25) is 0 Å². The van der Waals surface area contributed by atoms with Crippen LogP contribution < -0.4 is 10.1 Å². The van der Waals surface area contributed by atoms with Gasteiger partial charge in [-0.3, -0.25) is 0 Å². The van der Waals surface area contributed by atoms with Crippen LogP contribution in [0.2, 0.25) is 5.02 Å². The number of nitrogens with one attached hydrogen (secondary N) is 1. The van der Waals surface area contributed by atoms with Crippen molar-refractivity contribution < 1.29 is 14.2 Å². The molecule has 2 N–H and O–H groups in total. The molecule has 0 bridgehead atoms.